The number of hydrogen-bond donors (Lipinski definition) is 0. The summed E-state index contributed by atoms with van der Waals surface area (Å²) >= 11 is 0. The van der Waals surface area contributed by atoms with Crippen LogP contribution in [0.4, 0.5) is 0 Å². The number of ether oxygens (including phenoxy) is 2. The van der Waals surface area contributed by atoms with Crippen molar-refractivity contribution in [3.8, 4) is 11.1 Å². The molecule has 5 nitrogen and oxygen atoms in total. The predicted octanol–water partition coefficient (Wildman–Crippen LogP) is 5.30. The van der Waals surface area contributed by atoms with Gasteiger partial charge in [0.25, 0.3) is 0 Å². The minimum atomic E-state index is -0.498. The van der Waals surface area contributed by atoms with Gasteiger partial charge in [-0.2, -0.15) is 0 Å². The second-order valence-corrected chi connectivity index (χ2v) is 6.60. The van der Waals surface area contributed by atoms with Crippen LogP contribution < -0.4 is 0 Å². The van der Waals surface area contributed by atoms with Gasteiger partial charge in [0.05, 0.1) is 24.3 Å². The molecular weight excluding hydrogens is 356 g/mol. The number of esters is 2. The zero-order valence-corrected chi connectivity index (χ0v) is 16.9. The van der Waals surface area contributed by atoms with Crippen LogP contribution in [0.15, 0.2) is 30.3 Å². The van der Waals surface area contributed by atoms with Gasteiger partial charge in [-0.1, -0.05) is 50.5 Å². The highest BCUT2D eigenvalue weighted by Crippen LogP contribution is 2.33. The van der Waals surface area contributed by atoms with E-state index in [1.54, 1.807) is 38.1 Å². The molecule has 0 saturated heterocycles. The second kappa shape index (κ2) is 10.6. The molecule has 0 spiro atoms. The highest BCUT2D eigenvalue weighted by atomic mass is 16.5. The maximum absolute atomic E-state index is 12.5. The Hall–Kier alpha value is -2.69. The van der Waals surface area contributed by atoms with Gasteiger partial charge < -0.3 is 9.47 Å². The van der Waals surface area contributed by atoms with E-state index in [9.17, 15) is 14.4 Å². The van der Waals surface area contributed by atoms with E-state index in [-0.39, 0.29) is 19.0 Å². The molecule has 0 heterocycles. The SMILES string of the molecule is CCCCCCC(=O)c1ccc2c(C(=O)OCC)cc(C(=O)OCC)c-2cc1. The Bertz CT molecular complexity index is 756. The van der Waals surface area contributed by atoms with Crippen LogP contribution in [-0.4, -0.2) is 30.9 Å². The first-order chi connectivity index (χ1) is 13.5. The monoisotopic (exact) mass is 384 g/mol. The molecule has 0 aromatic heterocycles. The lowest BCUT2D eigenvalue weighted by molar-refractivity contribution is 0.0525. The van der Waals surface area contributed by atoms with E-state index in [1.165, 1.54) is 6.07 Å². The summed E-state index contributed by atoms with van der Waals surface area (Å²) in [4.78, 5) is 37.2. The van der Waals surface area contributed by atoms with Gasteiger partial charge >= 0.3 is 11.9 Å². The number of fused-ring (bicyclic) bond motifs is 1. The molecule has 0 fully saturated rings. The van der Waals surface area contributed by atoms with Crippen LogP contribution in [0.1, 0.15) is 83.9 Å². The van der Waals surface area contributed by atoms with Gasteiger partial charge in [-0.05, 0) is 37.5 Å². The largest absolute Gasteiger partial charge is 0.462 e. The number of Topliss-reactive ketones (excluding diaryl/α,β-unsaturated/α-hetero) is 1. The van der Waals surface area contributed by atoms with Crippen molar-refractivity contribution in [1.29, 1.82) is 0 Å². The molecule has 5 heteroatoms. The van der Waals surface area contributed by atoms with E-state index in [0.29, 0.717) is 34.2 Å². The molecule has 0 saturated carbocycles. The summed E-state index contributed by atoms with van der Waals surface area (Å²) < 4.78 is 10.2. The topological polar surface area (TPSA) is 69.7 Å². The number of ketones is 1. The molecule has 0 bridgehead atoms. The van der Waals surface area contributed by atoms with Crippen molar-refractivity contribution < 1.29 is 23.9 Å². The van der Waals surface area contributed by atoms with Crippen molar-refractivity contribution in [3.63, 3.8) is 0 Å². The fourth-order valence-corrected chi connectivity index (χ4v) is 3.15. The minimum Gasteiger partial charge on any atom is -0.462 e. The van der Waals surface area contributed by atoms with Crippen molar-refractivity contribution in [3.05, 3.63) is 47.0 Å². The molecule has 2 aliphatic rings. The quantitative estimate of drug-likeness (QED) is 0.316. The smallest absolute Gasteiger partial charge is 0.338 e. The third kappa shape index (κ3) is 5.18. The molecule has 0 amide bonds. The predicted molar refractivity (Wildman–Crippen MR) is 108 cm³/mol. The number of hydrogen-bond acceptors (Lipinski definition) is 5. The Morgan fingerprint density at radius 3 is 1.75 bits per heavy atom. The van der Waals surface area contributed by atoms with E-state index >= 15 is 0 Å². The van der Waals surface area contributed by atoms with Gasteiger partial charge in [-0.15, -0.1) is 0 Å². The fourth-order valence-electron chi connectivity index (χ4n) is 3.15. The third-order valence-corrected chi connectivity index (χ3v) is 4.59. The van der Waals surface area contributed by atoms with Crippen LogP contribution >= 0.6 is 0 Å². The molecule has 28 heavy (non-hydrogen) atoms. The molecule has 0 radical (unpaired) electrons. The first-order valence-electron chi connectivity index (χ1n) is 9.97. The Morgan fingerprint density at radius 2 is 1.29 bits per heavy atom. The highest BCUT2D eigenvalue weighted by molar-refractivity contribution is 6.08. The maximum Gasteiger partial charge on any atom is 0.338 e. The maximum atomic E-state index is 12.5. The standard InChI is InChI=1S/C23H28O5/c1-4-7-8-9-10-21(24)16-11-13-17-18(14-12-16)20(23(26)28-6-3)15-19(17)22(25)27-5-2/h11-15H,4-10H2,1-3H3. The van der Waals surface area contributed by atoms with Crippen LogP contribution in [0.5, 0.6) is 0 Å². The van der Waals surface area contributed by atoms with E-state index in [0.717, 1.165) is 25.7 Å². The molecule has 0 atom stereocenters. The van der Waals surface area contributed by atoms with Gasteiger partial charge in [0.1, 0.15) is 0 Å². The van der Waals surface area contributed by atoms with Crippen LogP contribution in [0.3, 0.4) is 0 Å². The van der Waals surface area contributed by atoms with Crippen molar-refractivity contribution in [2.24, 2.45) is 0 Å². The lowest BCUT2D eigenvalue weighted by atomic mass is 10.1. The zero-order chi connectivity index (χ0) is 20.5. The molecule has 0 aromatic rings. The summed E-state index contributed by atoms with van der Waals surface area (Å²) in [5, 5.41) is 0. The van der Waals surface area contributed by atoms with Crippen LogP contribution in [0.25, 0.3) is 11.1 Å². The number of unbranched alkanes of at least 4 members (excludes halogenated alkanes) is 3. The molecule has 0 aliphatic heterocycles. The van der Waals surface area contributed by atoms with Crippen LogP contribution in [0.2, 0.25) is 0 Å². The summed E-state index contributed by atoms with van der Waals surface area (Å²) in [5.74, 6) is -0.937. The molecule has 0 aromatic carbocycles. The summed E-state index contributed by atoms with van der Waals surface area (Å²) in [6.45, 7) is 6.06. The first-order valence-corrected chi connectivity index (χ1v) is 9.97. The van der Waals surface area contributed by atoms with Gasteiger partial charge in [0.15, 0.2) is 5.78 Å². The normalized spacial score (nSPS) is 10.7. The minimum absolute atomic E-state index is 0.0594. The van der Waals surface area contributed by atoms with Gasteiger partial charge in [0.2, 0.25) is 0 Å². The van der Waals surface area contributed by atoms with Crippen molar-refractivity contribution >= 4 is 17.7 Å². The molecule has 0 unspecified atom stereocenters. The fraction of sp³-hybridized carbons (Fsp3) is 0.435. The summed E-state index contributed by atoms with van der Waals surface area (Å²) in [7, 11) is 0. The number of rotatable bonds is 10. The van der Waals surface area contributed by atoms with E-state index < -0.39 is 11.9 Å². The number of carbonyl (C=O) groups is 3. The molecule has 2 rings (SSSR count). The summed E-state index contributed by atoms with van der Waals surface area (Å²) in [5.41, 5.74) is 2.32. The van der Waals surface area contributed by atoms with Crippen LogP contribution in [-0.2, 0) is 9.47 Å². The van der Waals surface area contributed by atoms with Crippen LogP contribution in [0, 0.1) is 0 Å². The summed E-state index contributed by atoms with van der Waals surface area (Å²) in [6.07, 6.45) is 4.63. The Morgan fingerprint density at radius 1 is 0.750 bits per heavy atom. The van der Waals surface area contributed by atoms with Gasteiger partial charge in [-0.25, -0.2) is 9.59 Å². The Kier molecular flexibility index (Phi) is 8.18. The molecule has 0 N–H and O–H groups in total. The molecular formula is C23H28O5. The Balaban J connectivity index is 2.40. The third-order valence-electron chi connectivity index (χ3n) is 4.59. The van der Waals surface area contributed by atoms with E-state index in [4.69, 9.17) is 9.47 Å². The van der Waals surface area contributed by atoms with Crippen molar-refractivity contribution in [2.45, 2.75) is 52.9 Å². The highest BCUT2D eigenvalue weighted by Gasteiger charge is 2.25. The van der Waals surface area contributed by atoms with E-state index in [1.807, 2.05) is 0 Å². The zero-order valence-electron chi connectivity index (χ0n) is 16.9. The van der Waals surface area contributed by atoms with Crippen molar-refractivity contribution in [1.82, 2.24) is 0 Å². The first kappa shape index (κ1) is 21.6. The Labute approximate surface area is 166 Å². The second-order valence-electron chi connectivity index (χ2n) is 6.60. The van der Waals surface area contributed by atoms with Crippen molar-refractivity contribution in [2.75, 3.05) is 13.2 Å². The van der Waals surface area contributed by atoms with Gasteiger partial charge in [-0.3, -0.25) is 4.79 Å². The lowest BCUT2D eigenvalue weighted by Crippen LogP contribution is -2.05. The summed E-state index contributed by atoms with van der Waals surface area (Å²) in [6, 6.07) is 8.35. The number of carbonyl (C=O) groups excluding carboxylic acids is 3. The average Bonchev–Trinajstić information content (AvgIpc) is 2.90. The lowest BCUT2D eigenvalue weighted by Gasteiger charge is -2.02. The average molecular weight is 384 g/mol. The molecule has 2 aliphatic carbocycles. The molecule has 150 valence electrons. The van der Waals surface area contributed by atoms with E-state index in [2.05, 4.69) is 6.92 Å². The van der Waals surface area contributed by atoms with Gasteiger partial charge in [0, 0.05) is 12.0 Å².